The Morgan fingerprint density at radius 3 is 1.00 bits per heavy atom. The Hall–Kier alpha value is -2.48. The molecule has 0 atom stereocenters. The second kappa shape index (κ2) is 11.1. The van der Waals surface area contributed by atoms with Gasteiger partial charge in [-0.15, -0.1) is 0 Å². The molecule has 140 valence electrons. The molecular formula is C8H12MoO15. The number of aliphatic carboxylic acids is 5. The molecule has 8 N–H and O–H groups in total. The van der Waals surface area contributed by atoms with E-state index < -0.39 is 65.0 Å². The Kier molecular flexibility index (Phi) is 12.2. The zero-order valence-electron chi connectivity index (χ0n) is 11.3. The third-order valence-corrected chi connectivity index (χ3v) is 1.47. The van der Waals surface area contributed by atoms with Crippen LogP contribution in [0.4, 0.5) is 0 Å². The molecule has 0 saturated heterocycles. The summed E-state index contributed by atoms with van der Waals surface area (Å²) in [5.74, 6) is -8.67. The van der Waals surface area contributed by atoms with E-state index in [1.54, 1.807) is 0 Å². The van der Waals surface area contributed by atoms with Gasteiger partial charge < -0.3 is 30.6 Å². The minimum atomic E-state index is -5.52. The van der Waals surface area contributed by atoms with Crippen molar-refractivity contribution in [2.45, 2.75) is 18.4 Å². The van der Waals surface area contributed by atoms with E-state index in [0.29, 0.717) is 0 Å². The quantitative estimate of drug-likeness (QED) is 0.151. The molecule has 0 radical (unpaired) electrons. The second-order valence-electron chi connectivity index (χ2n) is 3.54. The van der Waals surface area contributed by atoms with E-state index in [-0.39, 0.29) is 0 Å². The van der Waals surface area contributed by atoms with Gasteiger partial charge in [0.25, 0.3) is 0 Å². The van der Waals surface area contributed by atoms with E-state index in [4.69, 9.17) is 54.5 Å². The van der Waals surface area contributed by atoms with E-state index >= 15 is 0 Å². The van der Waals surface area contributed by atoms with Crippen molar-refractivity contribution in [3.63, 3.8) is 0 Å². The van der Waals surface area contributed by atoms with E-state index in [1.165, 1.54) is 0 Å². The predicted molar refractivity (Wildman–Crippen MR) is 58.2 cm³/mol. The van der Waals surface area contributed by atoms with Gasteiger partial charge in [0, 0.05) is 0 Å². The van der Waals surface area contributed by atoms with Crippen LogP contribution in [0.1, 0.15) is 12.8 Å². The van der Waals surface area contributed by atoms with Gasteiger partial charge in [-0.2, -0.15) is 0 Å². The van der Waals surface area contributed by atoms with Gasteiger partial charge in [0.1, 0.15) is 0 Å². The van der Waals surface area contributed by atoms with E-state index in [9.17, 15) is 14.4 Å². The number of carbonyl (C=O) groups is 5. The average Bonchev–Trinajstić information content (AvgIpc) is 2.24. The molecule has 0 heterocycles. The maximum atomic E-state index is 10.3. The number of rotatable bonds is 5. The second-order valence-corrected chi connectivity index (χ2v) is 5.74. The third-order valence-electron chi connectivity index (χ3n) is 1.47. The number of hydrogen-bond donors (Lipinski definition) is 8. The molecule has 16 heteroatoms. The molecule has 0 aliphatic rings. The summed E-state index contributed by atoms with van der Waals surface area (Å²) in [5.41, 5.74) is -2.74. The van der Waals surface area contributed by atoms with E-state index in [1.807, 2.05) is 0 Å². The molecule has 0 unspecified atom stereocenters. The van der Waals surface area contributed by atoms with E-state index in [0.717, 1.165) is 0 Å². The first-order chi connectivity index (χ1) is 10.4. The molecule has 0 bridgehead atoms. The summed E-state index contributed by atoms with van der Waals surface area (Å²) in [6.45, 7) is 0. The summed E-state index contributed by atoms with van der Waals surface area (Å²) < 4.78 is 32.0. The van der Waals surface area contributed by atoms with Crippen molar-refractivity contribution in [3.05, 3.63) is 0 Å². The van der Waals surface area contributed by atoms with Crippen LogP contribution in [0.3, 0.4) is 0 Å². The Morgan fingerprint density at radius 1 is 0.708 bits per heavy atom. The topological polar surface area (TPSA) is 281 Å². The molecule has 0 aliphatic carbocycles. The number of hydrogen-bond acceptors (Lipinski definition) is 8. The van der Waals surface area contributed by atoms with Crippen LogP contribution >= 0.6 is 0 Å². The van der Waals surface area contributed by atoms with Gasteiger partial charge in [-0.3, -0.25) is 9.59 Å². The van der Waals surface area contributed by atoms with Crippen molar-refractivity contribution in [1.29, 1.82) is 0 Å². The van der Waals surface area contributed by atoms with Crippen molar-refractivity contribution in [1.82, 2.24) is 0 Å². The van der Waals surface area contributed by atoms with Crippen LogP contribution in [0, 0.1) is 0 Å². The fourth-order valence-corrected chi connectivity index (χ4v) is 0.714. The van der Waals surface area contributed by atoms with Crippen LogP contribution < -0.4 is 0 Å². The molecule has 15 nitrogen and oxygen atoms in total. The molecular weight excluding hydrogens is 432 g/mol. The molecule has 24 heavy (non-hydrogen) atoms. The van der Waals surface area contributed by atoms with Crippen LogP contribution in [0.15, 0.2) is 0 Å². The normalized spacial score (nSPS) is 10.1. The third kappa shape index (κ3) is 21.8. The first kappa shape index (κ1) is 26.4. The standard InChI is InChI=1S/C6H8O7.C2H2O4.Mo.2H2O.2O/c7-3(8)1-6(13,5(11)12)2-4(9)10;3-1(4)2(5)6;;;;;/h13H,1-2H2,(H,7,8)(H,9,10)(H,11,12);(H,3,4)(H,5,6);;2*1H2;;/q;;+2;;;;/p-2. The predicted octanol–water partition coefficient (Wildman–Crippen LogP) is -3.45. The fraction of sp³-hybridized carbons (Fsp3) is 0.375. The Balaban J connectivity index is -0.000000332. The molecule has 0 saturated carbocycles. The van der Waals surface area contributed by atoms with Gasteiger partial charge in [-0.1, -0.05) is 0 Å². The van der Waals surface area contributed by atoms with Gasteiger partial charge in [-0.25, -0.2) is 14.4 Å². The van der Waals surface area contributed by atoms with Crippen molar-refractivity contribution in [2.24, 2.45) is 0 Å². The summed E-state index contributed by atoms with van der Waals surface area (Å²) in [6.07, 6.45) is -2.29. The zero-order chi connectivity index (χ0) is 20.3. The van der Waals surface area contributed by atoms with Gasteiger partial charge in [0.05, 0.1) is 12.8 Å². The average molecular weight is 444 g/mol. The van der Waals surface area contributed by atoms with Crippen molar-refractivity contribution in [3.8, 4) is 0 Å². The van der Waals surface area contributed by atoms with E-state index in [2.05, 4.69) is 0 Å². The Labute approximate surface area is 134 Å². The molecule has 0 aliphatic heterocycles. The maximum absolute atomic E-state index is 10.3. The monoisotopic (exact) mass is 446 g/mol. The number of carboxylic acid groups (broad SMARTS) is 5. The van der Waals surface area contributed by atoms with Gasteiger partial charge >= 0.3 is 60.9 Å². The molecule has 0 fully saturated rings. The Bertz CT molecular complexity index is 551. The van der Waals surface area contributed by atoms with Crippen LogP contribution in [-0.2, 0) is 47.5 Å². The SMILES string of the molecule is O=C(O)C(=O)O.O=C(O)CC(O)(CC(=O)O)C(=O)O.[O]=[Mo](=[O])([OH])[OH]. The molecule has 0 aromatic carbocycles. The van der Waals surface area contributed by atoms with Crippen LogP contribution in [0.5, 0.6) is 0 Å². The zero-order valence-corrected chi connectivity index (χ0v) is 13.3. The summed E-state index contributed by atoms with van der Waals surface area (Å²) in [4.78, 5) is 48.7. The van der Waals surface area contributed by atoms with Crippen molar-refractivity contribution < 1.29 is 85.7 Å². The van der Waals surface area contributed by atoms with Gasteiger partial charge in [0.15, 0.2) is 5.60 Å². The molecule has 0 aromatic rings. The fourth-order valence-electron chi connectivity index (χ4n) is 0.714. The summed E-state index contributed by atoms with van der Waals surface area (Å²) in [5, 5.41) is 48.6. The van der Waals surface area contributed by atoms with Crippen LogP contribution in [0.25, 0.3) is 0 Å². The van der Waals surface area contributed by atoms with Crippen LogP contribution in [0.2, 0.25) is 0 Å². The molecule has 0 spiro atoms. The summed E-state index contributed by atoms with van der Waals surface area (Å²) in [6, 6.07) is 0. The van der Waals surface area contributed by atoms with Crippen LogP contribution in [-0.4, -0.2) is 73.6 Å². The molecule has 0 aromatic heterocycles. The van der Waals surface area contributed by atoms with Crippen molar-refractivity contribution in [2.75, 3.05) is 0 Å². The number of carboxylic acids is 5. The van der Waals surface area contributed by atoms with Crippen molar-refractivity contribution >= 4 is 29.8 Å². The molecule has 0 rings (SSSR count). The minimum absolute atomic E-state index is 1.14. The Morgan fingerprint density at radius 2 is 0.917 bits per heavy atom. The first-order valence-corrected chi connectivity index (χ1v) is 8.41. The van der Waals surface area contributed by atoms with Gasteiger partial charge in [0.2, 0.25) is 0 Å². The summed E-state index contributed by atoms with van der Waals surface area (Å²) in [7, 11) is 0. The number of aliphatic hydroxyl groups is 1. The molecule has 0 amide bonds. The van der Waals surface area contributed by atoms with Gasteiger partial charge in [-0.05, 0) is 0 Å². The first-order valence-electron chi connectivity index (χ1n) is 4.97. The summed E-state index contributed by atoms with van der Waals surface area (Å²) >= 11 is -5.52.